The zero-order valence-corrected chi connectivity index (χ0v) is 12.4. The summed E-state index contributed by atoms with van der Waals surface area (Å²) in [6.45, 7) is 1.18. The molecule has 0 saturated heterocycles. The van der Waals surface area contributed by atoms with Crippen LogP contribution in [0.1, 0.15) is 12.0 Å². The summed E-state index contributed by atoms with van der Waals surface area (Å²) in [5, 5.41) is 4.59. The maximum atomic E-state index is 12.8. The summed E-state index contributed by atoms with van der Waals surface area (Å²) in [4.78, 5) is 0. The number of ether oxygens (including phenoxy) is 2. The average molecular weight is 321 g/mol. The van der Waals surface area contributed by atoms with Crippen molar-refractivity contribution < 1.29 is 13.9 Å². The summed E-state index contributed by atoms with van der Waals surface area (Å²) in [6, 6.07) is 9.51. The fourth-order valence-corrected chi connectivity index (χ4v) is 2.30. The van der Waals surface area contributed by atoms with E-state index < -0.39 is 0 Å². The molecular weight excluding hydrogens is 307 g/mol. The molecule has 1 aliphatic rings. The number of halogens is 2. The van der Waals surface area contributed by atoms with Crippen LogP contribution in [0.3, 0.4) is 0 Å². The number of fused-ring (bicyclic) bond motifs is 1. The molecule has 1 heterocycles. The van der Waals surface area contributed by atoms with Gasteiger partial charge in [0.05, 0.1) is 30.1 Å². The molecule has 0 bridgehead atoms. The summed E-state index contributed by atoms with van der Waals surface area (Å²) < 4.78 is 24.0. The second-order valence-corrected chi connectivity index (χ2v) is 5.16. The summed E-state index contributed by atoms with van der Waals surface area (Å²) in [7, 11) is 0. The Morgan fingerprint density at radius 3 is 2.73 bits per heavy atom. The maximum Gasteiger partial charge on any atom is 0.179 e. The van der Waals surface area contributed by atoms with E-state index in [9.17, 15) is 4.39 Å². The van der Waals surface area contributed by atoms with E-state index in [4.69, 9.17) is 21.1 Å². The second-order valence-electron chi connectivity index (χ2n) is 4.76. The molecule has 0 saturated carbocycles. The Labute approximate surface area is 132 Å². The van der Waals surface area contributed by atoms with Crippen molar-refractivity contribution in [2.75, 3.05) is 18.6 Å². The highest BCUT2D eigenvalue weighted by Crippen LogP contribution is 2.37. The fraction of sp³-hybridized carbons (Fsp3) is 0.188. The minimum absolute atomic E-state index is 0.288. The lowest BCUT2D eigenvalue weighted by Crippen LogP contribution is -1.97. The van der Waals surface area contributed by atoms with Crippen LogP contribution < -0.4 is 14.9 Å². The van der Waals surface area contributed by atoms with Crippen LogP contribution in [0.15, 0.2) is 41.5 Å². The van der Waals surface area contributed by atoms with Crippen molar-refractivity contribution in [3.05, 3.63) is 52.8 Å². The third-order valence-corrected chi connectivity index (χ3v) is 3.36. The van der Waals surface area contributed by atoms with Crippen LogP contribution in [0.25, 0.3) is 0 Å². The molecule has 22 heavy (non-hydrogen) atoms. The van der Waals surface area contributed by atoms with Gasteiger partial charge in [0.25, 0.3) is 0 Å². The normalized spacial score (nSPS) is 13.9. The molecule has 0 amide bonds. The summed E-state index contributed by atoms with van der Waals surface area (Å²) in [5.74, 6) is 0.903. The number of benzene rings is 2. The lowest BCUT2D eigenvalue weighted by molar-refractivity contribution is 0.297. The summed E-state index contributed by atoms with van der Waals surface area (Å²) in [5.41, 5.74) is 4.29. The molecule has 0 spiro atoms. The van der Waals surface area contributed by atoms with Crippen molar-refractivity contribution in [2.45, 2.75) is 6.42 Å². The Balaban J connectivity index is 1.74. The van der Waals surface area contributed by atoms with Crippen molar-refractivity contribution in [1.29, 1.82) is 0 Å². The van der Waals surface area contributed by atoms with Crippen LogP contribution in [-0.4, -0.2) is 19.4 Å². The quantitative estimate of drug-likeness (QED) is 0.684. The largest absolute Gasteiger partial charge is 0.489 e. The Bertz CT molecular complexity index is 689. The van der Waals surface area contributed by atoms with E-state index in [1.54, 1.807) is 24.4 Å². The van der Waals surface area contributed by atoms with Gasteiger partial charge in [0.1, 0.15) is 5.82 Å². The molecule has 114 valence electrons. The smallest absolute Gasteiger partial charge is 0.179 e. The number of nitrogens with zero attached hydrogens (tertiary/aromatic N) is 1. The van der Waals surface area contributed by atoms with Crippen molar-refractivity contribution >= 4 is 23.5 Å². The van der Waals surface area contributed by atoms with Gasteiger partial charge in [-0.05, 0) is 42.0 Å². The number of anilines is 1. The molecule has 0 aliphatic carbocycles. The van der Waals surface area contributed by atoms with E-state index in [1.165, 1.54) is 12.1 Å². The first-order valence-corrected chi connectivity index (χ1v) is 7.24. The van der Waals surface area contributed by atoms with Gasteiger partial charge in [-0.15, -0.1) is 0 Å². The number of hydrogen-bond donors (Lipinski definition) is 1. The molecule has 0 aromatic heterocycles. The zero-order valence-electron chi connectivity index (χ0n) is 11.7. The molecule has 0 fully saturated rings. The van der Waals surface area contributed by atoms with Crippen LogP contribution in [0, 0.1) is 5.82 Å². The molecule has 2 aromatic rings. The first kappa shape index (κ1) is 14.7. The van der Waals surface area contributed by atoms with E-state index >= 15 is 0 Å². The molecule has 3 rings (SSSR count). The predicted molar refractivity (Wildman–Crippen MR) is 84.7 cm³/mol. The standard InChI is InChI=1S/C16H14ClFN2O2/c17-14-8-11(9-15-16(14)22-7-1-6-21-15)10-19-20-13-4-2-12(18)3-5-13/h2-5,8-10,20H,1,6-7H2/b19-10-. The molecule has 0 radical (unpaired) electrons. The lowest BCUT2D eigenvalue weighted by Gasteiger charge is -2.09. The minimum Gasteiger partial charge on any atom is -0.489 e. The van der Waals surface area contributed by atoms with Gasteiger partial charge in [-0.1, -0.05) is 11.6 Å². The van der Waals surface area contributed by atoms with Crippen LogP contribution in [0.4, 0.5) is 10.1 Å². The van der Waals surface area contributed by atoms with Gasteiger partial charge in [-0.3, -0.25) is 5.43 Å². The van der Waals surface area contributed by atoms with Gasteiger partial charge < -0.3 is 9.47 Å². The Morgan fingerprint density at radius 1 is 1.14 bits per heavy atom. The predicted octanol–water partition coefficient (Wildman–Crippen LogP) is 4.09. The number of hydrogen-bond acceptors (Lipinski definition) is 4. The Kier molecular flexibility index (Phi) is 4.44. The van der Waals surface area contributed by atoms with E-state index in [0.717, 1.165) is 12.0 Å². The van der Waals surface area contributed by atoms with Gasteiger partial charge in [0, 0.05) is 6.42 Å². The molecule has 1 aliphatic heterocycles. The minimum atomic E-state index is -0.288. The number of rotatable bonds is 3. The van der Waals surface area contributed by atoms with Crippen LogP contribution in [0.5, 0.6) is 11.5 Å². The Hall–Kier alpha value is -2.27. The van der Waals surface area contributed by atoms with E-state index in [0.29, 0.717) is 35.4 Å². The van der Waals surface area contributed by atoms with Gasteiger partial charge in [-0.25, -0.2) is 4.39 Å². The average Bonchev–Trinajstić information content (AvgIpc) is 2.75. The van der Waals surface area contributed by atoms with E-state index in [-0.39, 0.29) is 5.82 Å². The third kappa shape index (κ3) is 3.49. The maximum absolute atomic E-state index is 12.8. The highest BCUT2D eigenvalue weighted by molar-refractivity contribution is 6.32. The number of nitrogens with one attached hydrogen (secondary N) is 1. The van der Waals surface area contributed by atoms with Gasteiger partial charge in [0.2, 0.25) is 0 Å². The first-order valence-electron chi connectivity index (χ1n) is 6.86. The highest BCUT2D eigenvalue weighted by Gasteiger charge is 2.14. The van der Waals surface area contributed by atoms with Gasteiger partial charge in [-0.2, -0.15) is 5.10 Å². The molecule has 6 heteroatoms. The summed E-state index contributed by atoms with van der Waals surface area (Å²) in [6.07, 6.45) is 2.43. The zero-order chi connectivity index (χ0) is 15.4. The summed E-state index contributed by atoms with van der Waals surface area (Å²) >= 11 is 6.20. The molecule has 0 atom stereocenters. The molecular formula is C16H14ClFN2O2. The fourth-order valence-electron chi connectivity index (χ4n) is 2.03. The van der Waals surface area contributed by atoms with Crippen molar-refractivity contribution in [2.24, 2.45) is 5.10 Å². The van der Waals surface area contributed by atoms with E-state index in [2.05, 4.69) is 10.5 Å². The van der Waals surface area contributed by atoms with Gasteiger partial charge >= 0.3 is 0 Å². The molecule has 1 N–H and O–H groups in total. The van der Waals surface area contributed by atoms with Crippen LogP contribution in [-0.2, 0) is 0 Å². The molecule has 2 aromatic carbocycles. The van der Waals surface area contributed by atoms with Gasteiger partial charge in [0.15, 0.2) is 11.5 Å². The highest BCUT2D eigenvalue weighted by atomic mass is 35.5. The molecule has 4 nitrogen and oxygen atoms in total. The number of hydrazone groups is 1. The van der Waals surface area contributed by atoms with Crippen molar-refractivity contribution in [3.8, 4) is 11.5 Å². The third-order valence-electron chi connectivity index (χ3n) is 3.08. The van der Waals surface area contributed by atoms with Crippen LogP contribution in [0.2, 0.25) is 5.02 Å². The van der Waals surface area contributed by atoms with Crippen LogP contribution >= 0.6 is 11.6 Å². The second kappa shape index (κ2) is 6.66. The molecule has 0 unspecified atom stereocenters. The van der Waals surface area contributed by atoms with Crippen molar-refractivity contribution in [3.63, 3.8) is 0 Å². The Morgan fingerprint density at radius 2 is 1.91 bits per heavy atom. The monoisotopic (exact) mass is 320 g/mol. The first-order chi connectivity index (χ1) is 10.7. The lowest BCUT2D eigenvalue weighted by atomic mass is 10.2. The van der Waals surface area contributed by atoms with Crippen molar-refractivity contribution in [1.82, 2.24) is 0 Å². The van der Waals surface area contributed by atoms with E-state index in [1.807, 2.05) is 6.07 Å². The topological polar surface area (TPSA) is 42.9 Å². The SMILES string of the molecule is Fc1ccc(N/N=C\c2cc(Cl)c3c(c2)OCCCO3)cc1.